The van der Waals surface area contributed by atoms with E-state index in [4.69, 9.17) is 14.2 Å². The average Bonchev–Trinajstić information content (AvgIpc) is 3.27. The quantitative estimate of drug-likeness (QED) is 0.496. The Morgan fingerprint density at radius 1 is 1.13 bits per heavy atom. The molecule has 2 aliphatic heterocycles. The molecule has 2 heterocycles. The number of amides is 1. The SMILES string of the molecule is COc1ccc(S(=O)(=O)N2CCN(C(=O)c3cccc4c3OCO4)CC2)cc1[N+](=O)[O-]. The van der Waals surface area contributed by atoms with Gasteiger partial charge in [-0.15, -0.1) is 0 Å². The third-order valence-corrected chi connectivity index (χ3v) is 7.03. The summed E-state index contributed by atoms with van der Waals surface area (Å²) in [5.74, 6) is 0.571. The number of hydrogen-bond acceptors (Lipinski definition) is 8. The Bertz CT molecular complexity index is 1140. The van der Waals surface area contributed by atoms with Crippen molar-refractivity contribution in [3.8, 4) is 17.2 Å². The summed E-state index contributed by atoms with van der Waals surface area (Å²) in [5, 5.41) is 11.2. The van der Waals surface area contributed by atoms with Crippen LogP contribution in [0.4, 0.5) is 5.69 Å². The summed E-state index contributed by atoms with van der Waals surface area (Å²) >= 11 is 0. The van der Waals surface area contributed by atoms with Gasteiger partial charge in [0.15, 0.2) is 17.2 Å². The molecule has 11 nitrogen and oxygen atoms in total. The first kappa shape index (κ1) is 20.9. The second kappa shape index (κ2) is 8.04. The van der Waals surface area contributed by atoms with E-state index in [1.54, 1.807) is 23.1 Å². The van der Waals surface area contributed by atoms with Crippen LogP contribution in [0.15, 0.2) is 41.3 Å². The van der Waals surface area contributed by atoms with Gasteiger partial charge in [0.05, 0.1) is 22.5 Å². The average molecular weight is 449 g/mol. The number of para-hydroxylation sites is 1. The van der Waals surface area contributed by atoms with Crippen molar-refractivity contribution in [2.45, 2.75) is 4.90 Å². The highest BCUT2D eigenvalue weighted by Gasteiger charge is 2.33. The van der Waals surface area contributed by atoms with Gasteiger partial charge in [0.1, 0.15) is 0 Å². The Morgan fingerprint density at radius 2 is 1.87 bits per heavy atom. The van der Waals surface area contributed by atoms with Crippen LogP contribution in [0.1, 0.15) is 10.4 Å². The maximum Gasteiger partial charge on any atom is 0.312 e. The van der Waals surface area contributed by atoms with Crippen molar-refractivity contribution >= 4 is 21.6 Å². The molecule has 0 bridgehead atoms. The number of hydrogen-bond donors (Lipinski definition) is 0. The van der Waals surface area contributed by atoms with Crippen LogP contribution in [0.25, 0.3) is 0 Å². The number of sulfonamides is 1. The number of carbonyl (C=O) groups excluding carboxylic acids is 1. The standard InChI is InChI=1S/C19H19N3O8S/c1-28-16-6-5-13(11-15(16)22(24)25)31(26,27)21-9-7-20(8-10-21)19(23)14-3-2-4-17-18(14)30-12-29-17/h2-6,11H,7-10,12H2,1H3. The molecule has 0 spiro atoms. The van der Waals surface area contributed by atoms with Crippen molar-refractivity contribution in [2.75, 3.05) is 40.1 Å². The van der Waals surface area contributed by atoms with Gasteiger partial charge < -0.3 is 19.1 Å². The first-order valence-corrected chi connectivity index (χ1v) is 10.8. The molecule has 31 heavy (non-hydrogen) atoms. The number of fused-ring (bicyclic) bond motifs is 1. The molecule has 2 aromatic carbocycles. The van der Waals surface area contributed by atoms with Crippen LogP contribution >= 0.6 is 0 Å². The fraction of sp³-hybridized carbons (Fsp3) is 0.316. The molecule has 0 atom stereocenters. The Labute approximate surface area is 177 Å². The van der Waals surface area contributed by atoms with E-state index in [1.807, 2.05) is 0 Å². The van der Waals surface area contributed by atoms with Crippen LogP contribution < -0.4 is 14.2 Å². The van der Waals surface area contributed by atoms with Crippen LogP contribution in [0.2, 0.25) is 0 Å². The molecule has 2 aromatic rings. The molecular weight excluding hydrogens is 430 g/mol. The Hall–Kier alpha value is -3.38. The number of rotatable bonds is 5. The molecular formula is C19H19N3O8S. The Morgan fingerprint density at radius 3 is 2.55 bits per heavy atom. The number of ether oxygens (including phenoxy) is 3. The third kappa shape index (κ3) is 3.75. The molecule has 1 amide bonds. The highest BCUT2D eigenvalue weighted by atomic mass is 32.2. The van der Waals surface area contributed by atoms with E-state index < -0.39 is 20.6 Å². The molecule has 164 valence electrons. The van der Waals surface area contributed by atoms with Crippen LogP contribution in [0.3, 0.4) is 0 Å². The molecule has 0 N–H and O–H groups in total. The molecule has 12 heteroatoms. The summed E-state index contributed by atoms with van der Waals surface area (Å²) in [6, 6.07) is 8.54. The number of benzene rings is 2. The second-order valence-corrected chi connectivity index (χ2v) is 8.76. The minimum absolute atomic E-state index is 0.0269. The van der Waals surface area contributed by atoms with E-state index in [1.165, 1.54) is 23.5 Å². The molecule has 0 radical (unpaired) electrons. The Balaban J connectivity index is 1.50. The van der Waals surface area contributed by atoms with Gasteiger partial charge in [-0.05, 0) is 24.3 Å². The maximum absolute atomic E-state index is 13.0. The molecule has 4 rings (SSSR count). The molecule has 0 unspecified atom stereocenters. The molecule has 0 aromatic heterocycles. The second-order valence-electron chi connectivity index (χ2n) is 6.83. The van der Waals surface area contributed by atoms with Gasteiger partial charge in [0.25, 0.3) is 5.91 Å². The fourth-order valence-corrected chi connectivity index (χ4v) is 4.97. The number of nitrogens with zero attached hydrogens (tertiary/aromatic N) is 3. The lowest BCUT2D eigenvalue weighted by Gasteiger charge is -2.34. The number of nitro benzene ring substituents is 1. The van der Waals surface area contributed by atoms with E-state index in [-0.39, 0.29) is 49.5 Å². The molecule has 0 saturated carbocycles. The van der Waals surface area contributed by atoms with Gasteiger partial charge in [0, 0.05) is 32.2 Å². The van der Waals surface area contributed by atoms with E-state index in [9.17, 15) is 23.3 Å². The Kier molecular flexibility index (Phi) is 5.41. The monoisotopic (exact) mass is 449 g/mol. The largest absolute Gasteiger partial charge is 0.490 e. The van der Waals surface area contributed by atoms with Crippen LogP contribution in [0.5, 0.6) is 17.2 Å². The van der Waals surface area contributed by atoms with E-state index >= 15 is 0 Å². The van der Waals surface area contributed by atoms with Gasteiger partial charge >= 0.3 is 5.69 Å². The molecule has 1 saturated heterocycles. The molecule has 2 aliphatic rings. The third-order valence-electron chi connectivity index (χ3n) is 5.14. The predicted octanol–water partition coefficient (Wildman–Crippen LogP) is 1.48. The smallest absolute Gasteiger partial charge is 0.312 e. The lowest BCUT2D eigenvalue weighted by Crippen LogP contribution is -2.50. The van der Waals surface area contributed by atoms with Gasteiger partial charge in [-0.2, -0.15) is 4.31 Å². The summed E-state index contributed by atoms with van der Waals surface area (Å²) in [6.45, 7) is 0.488. The lowest BCUT2D eigenvalue weighted by molar-refractivity contribution is -0.386. The normalized spacial score (nSPS) is 16.2. The molecule has 1 fully saturated rings. The van der Waals surface area contributed by atoms with Gasteiger partial charge in [-0.1, -0.05) is 6.07 Å². The first-order chi connectivity index (χ1) is 14.8. The fourth-order valence-electron chi connectivity index (χ4n) is 3.52. The van der Waals surface area contributed by atoms with E-state index in [2.05, 4.69) is 0 Å². The van der Waals surface area contributed by atoms with Crippen molar-refractivity contribution in [3.05, 3.63) is 52.1 Å². The summed E-state index contributed by atoms with van der Waals surface area (Å²) in [7, 11) is -2.71. The minimum Gasteiger partial charge on any atom is -0.490 e. The van der Waals surface area contributed by atoms with E-state index in [0.717, 1.165) is 6.07 Å². The highest BCUT2D eigenvalue weighted by Crippen LogP contribution is 2.36. The number of piperazine rings is 1. The van der Waals surface area contributed by atoms with Gasteiger partial charge in [-0.3, -0.25) is 14.9 Å². The molecule has 0 aliphatic carbocycles. The van der Waals surface area contributed by atoms with Gasteiger partial charge in [0.2, 0.25) is 16.8 Å². The summed E-state index contributed by atoms with van der Waals surface area (Å²) < 4.78 is 42.8. The van der Waals surface area contributed by atoms with Crippen molar-refractivity contribution in [3.63, 3.8) is 0 Å². The number of nitro groups is 1. The zero-order chi connectivity index (χ0) is 22.2. The van der Waals surface area contributed by atoms with Crippen molar-refractivity contribution in [2.24, 2.45) is 0 Å². The van der Waals surface area contributed by atoms with Crippen LogP contribution in [0, 0.1) is 10.1 Å². The number of methoxy groups -OCH3 is 1. The summed E-state index contributed by atoms with van der Waals surface area (Å²) in [5.41, 5.74) is -0.0744. The minimum atomic E-state index is -3.98. The van der Waals surface area contributed by atoms with Crippen LogP contribution in [-0.2, 0) is 10.0 Å². The number of carbonyl (C=O) groups is 1. The topological polar surface area (TPSA) is 129 Å². The van der Waals surface area contributed by atoms with Crippen molar-refractivity contribution in [1.29, 1.82) is 0 Å². The first-order valence-electron chi connectivity index (χ1n) is 9.33. The highest BCUT2D eigenvalue weighted by molar-refractivity contribution is 7.89. The van der Waals surface area contributed by atoms with Crippen LogP contribution in [-0.4, -0.2) is 68.5 Å². The predicted molar refractivity (Wildman–Crippen MR) is 107 cm³/mol. The van der Waals surface area contributed by atoms with Crippen molar-refractivity contribution < 1.29 is 32.3 Å². The summed E-state index contributed by atoms with van der Waals surface area (Å²) in [6.07, 6.45) is 0. The van der Waals surface area contributed by atoms with Gasteiger partial charge in [-0.25, -0.2) is 8.42 Å². The maximum atomic E-state index is 13.0. The van der Waals surface area contributed by atoms with E-state index in [0.29, 0.717) is 17.1 Å². The van der Waals surface area contributed by atoms with Crippen molar-refractivity contribution in [1.82, 2.24) is 9.21 Å². The lowest BCUT2D eigenvalue weighted by atomic mass is 10.1. The summed E-state index contributed by atoms with van der Waals surface area (Å²) in [4.78, 5) is 24.8. The zero-order valence-electron chi connectivity index (χ0n) is 16.5. The zero-order valence-corrected chi connectivity index (χ0v) is 17.3.